The van der Waals surface area contributed by atoms with E-state index >= 15 is 0 Å². The highest BCUT2D eigenvalue weighted by molar-refractivity contribution is 14.1. The van der Waals surface area contributed by atoms with Crippen LogP contribution in [-0.2, 0) is 14.8 Å². The summed E-state index contributed by atoms with van der Waals surface area (Å²) >= 11 is 9.90. The minimum absolute atomic E-state index is 0.0873. The zero-order valence-corrected chi connectivity index (χ0v) is 39.9. The number of benzene rings is 2. The molecule has 2 aromatic carbocycles. The number of sulfonamides is 1. The van der Waals surface area contributed by atoms with E-state index in [9.17, 15) is 13.2 Å². The van der Waals surface area contributed by atoms with Crippen LogP contribution < -0.4 is 20.1 Å². The summed E-state index contributed by atoms with van der Waals surface area (Å²) in [6, 6.07) is 13.4. The molecule has 2 N–H and O–H groups in total. The largest absolute Gasteiger partial charge is 0.491 e. The lowest BCUT2D eigenvalue weighted by atomic mass is 9.61. The van der Waals surface area contributed by atoms with Crippen molar-refractivity contribution >= 4 is 95.7 Å². The van der Waals surface area contributed by atoms with E-state index in [-0.39, 0.29) is 21.9 Å². The van der Waals surface area contributed by atoms with E-state index in [4.69, 9.17) is 31.5 Å². The van der Waals surface area contributed by atoms with E-state index in [1.165, 1.54) is 29.7 Å². The van der Waals surface area contributed by atoms with Crippen LogP contribution >= 0.6 is 57.3 Å². The average Bonchev–Trinajstić information content (AvgIpc) is 3.56. The molecule has 2 aromatic heterocycles. The first-order valence-electron chi connectivity index (χ1n) is 20.4. The Kier molecular flexibility index (Phi) is 12.8. The summed E-state index contributed by atoms with van der Waals surface area (Å²) in [6.45, 7) is 15.0. The van der Waals surface area contributed by atoms with Gasteiger partial charge in [-0.25, -0.2) is 13.4 Å². The lowest BCUT2D eigenvalue weighted by Gasteiger charge is -2.53. The number of rotatable bonds is 14. The van der Waals surface area contributed by atoms with Crippen molar-refractivity contribution in [2.75, 3.05) is 63.2 Å². The third-order valence-electron chi connectivity index (χ3n) is 12.4. The second-order valence-electron chi connectivity index (χ2n) is 17.6. The second kappa shape index (κ2) is 17.6. The molecule has 0 unspecified atom stereocenters. The zero-order chi connectivity index (χ0) is 42.4. The van der Waals surface area contributed by atoms with Crippen LogP contribution in [0.4, 0.5) is 11.4 Å². The number of amides is 1. The van der Waals surface area contributed by atoms with Gasteiger partial charge in [-0.3, -0.25) is 12.5 Å². The number of ether oxygens (including phenoxy) is 3. The molecule has 4 heterocycles. The molecule has 0 radical (unpaired) electrons. The molecule has 3 fully saturated rings. The standard InChI is InChI=1S/C44H51ClI2N6O6S/c1-29(45)4-5-32-23-43(2,3)12-10-33(32)25-50-14-16-51(17-15-50)34-6-8-37(40(19-34)59-35-18-31-11-13-52(46)41(31)49-24-35)42(54)53(47)60(55,56)36-7-9-39(38(48)20-36)58-26-30-21-44(22-30)27-57-28-44/h6-9,11,13,18-20,24,30H,1,4-5,10,12,14-17,21-23,25-28,48H2,2-3H3. The van der Waals surface area contributed by atoms with E-state index in [2.05, 4.69) is 58.1 Å². The first-order valence-corrected chi connectivity index (χ1v) is 24.1. The summed E-state index contributed by atoms with van der Waals surface area (Å²) in [5.74, 6) is 0.709. The molecule has 320 valence electrons. The van der Waals surface area contributed by atoms with E-state index < -0.39 is 15.9 Å². The van der Waals surface area contributed by atoms with Gasteiger partial charge in [-0.15, -0.1) is 0 Å². The third kappa shape index (κ3) is 9.45. The molecule has 2 aliphatic heterocycles. The van der Waals surface area contributed by atoms with Crippen LogP contribution in [0.1, 0.15) is 69.2 Å². The fraction of sp³-hybridized carbons (Fsp3) is 0.455. The topological polar surface area (TPSA) is 132 Å². The number of nitrogen functional groups attached to an aromatic ring is 1. The first-order chi connectivity index (χ1) is 28.6. The quantitative estimate of drug-likeness (QED) is 0.0564. The van der Waals surface area contributed by atoms with Crippen molar-refractivity contribution in [1.82, 2.24) is 15.2 Å². The molecule has 4 aliphatic rings. The van der Waals surface area contributed by atoms with Crippen molar-refractivity contribution in [2.24, 2.45) is 16.7 Å². The van der Waals surface area contributed by atoms with Crippen molar-refractivity contribution in [3.05, 3.63) is 89.2 Å². The molecule has 16 heteroatoms. The van der Waals surface area contributed by atoms with E-state index in [0.29, 0.717) is 42.4 Å². The number of carbonyl (C=O) groups excluding carboxylic acids is 1. The third-order valence-corrected chi connectivity index (χ3v) is 16.8. The number of hydrogen-bond donors (Lipinski definition) is 1. The predicted octanol–water partition coefficient (Wildman–Crippen LogP) is 9.76. The molecule has 12 nitrogen and oxygen atoms in total. The van der Waals surface area contributed by atoms with Crippen LogP contribution in [0, 0.1) is 16.7 Å². The number of hydrogen-bond acceptors (Lipinski definition) is 10. The van der Waals surface area contributed by atoms with Crippen molar-refractivity contribution < 1.29 is 27.4 Å². The molecule has 4 aromatic rings. The number of fused-ring (bicyclic) bond motifs is 1. The van der Waals surface area contributed by atoms with Gasteiger partial charge in [0.05, 0.1) is 87.9 Å². The average molecular weight is 1080 g/mol. The van der Waals surface area contributed by atoms with Crippen molar-refractivity contribution in [3.8, 4) is 17.2 Å². The van der Waals surface area contributed by atoms with Gasteiger partial charge in [-0.1, -0.05) is 43.2 Å². The SMILES string of the molecule is C=C(Cl)CCC1=C(CN2CCN(c3ccc(C(=O)N(I)S(=O)(=O)c4ccc(OCC5CC6(COC6)C5)c(N)c4)c(Oc4cnc5c(ccn5I)c4)c3)CC2)CCC(C)(C)C1. The Hall–Kier alpha value is -3.10. The smallest absolute Gasteiger partial charge is 0.280 e. The number of nitrogens with zero attached hydrogens (tertiary/aromatic N) is 5. The maximum absolute atomic E-state index is 14.3. The number of carbonyl (C=O) groups is 1. The number of nitrogens with two attached hydrogens (primary N) is 1. The van der Waals surface area contributed by atoms with Gasteiger partial charge in [0.2, 0.25) is 0 Å². The van der Waals surface area contributed by atoms with E-state index in [0.717, 1.165) is 101 Å². The summed E-state index contributed by atoms with van der Waals surface area (Å²) in [5, 5.41) is 1.57. The summed E-state index contributed by atoms with van der Waals surface area (Å²) in [4.78, 5) is 23.5. The van der Waals surface area contributed by atoms with Gasteiger partial charge in [0.15, 0.2) is 0 Å². The molecule has 0 bridgehead atoms. The molecule has 0 atom stereocenters. The lowest BCUT2D eigenvalue weighted by Crippen LogP contribution is -2.53. The highest BCUT2D eigenvalue weighted by atomic mass is 127. The predicted molar refractivity (Wildman–Crippen MR) is 253 cm³/mol. The molecule has 2 saturated heterocycles. The molecule has 2 aliphatic carbocycles. The number of piperazine rings is 1. The van der Waals surface area contributed by atoms with E-state index in [1.54, 1.807) is 41.2 Å². The zero-order valence-electron chi connectivity index (χ0n) is 34.0. The van der Waals surface area contributed by atoms with Gasteiger partial charge < -0.3 is 24.8 Å². The molecule has 1 amide bonds. The number of allylic oxidation sites excluding steroid dienone is 2. The van der Waals surface area contributed by atoms with Gasteiger partial charge in [0.1, 0.15) is 22.9 Å². The maximum Gasteiger partial charge on any atom is 0.280 e. The number of anilines is 2. The van der Waals surface area contributed by atoms with Gasteiger partial charge >= 0.3 is 0 Å². The molecule has 1 saturated carbocycles. The van der Waals surface area contributed by atoms with Crippen molar-refractivity contribution in [2.45, 2.75) is 63.7 Å². The van der Waals surface area contributed by atoms with Gasteiger partial charge in [-0.05, 0) is 98.7 Å². The summed E-state index contributed by atoms with van der Waals surface area (Å²) in [5.41, 5.74) is 11.9. The molecular weight excluding hydrogens is 1030 g/mol. The Morgan fingerprint density at radius 2 is 1.83 bits per heavy atom. The Labute approximate surface area is 385 Å². The summed E-state index contributed by atoms with van der Waals surface area (Å²) < 4.78 is 48.4. The molecule has 8 rings (SSSR count). The normalized spacial score (nSPS) is 19.2. The number of halogens is 3. The fourth-order valence-electron chi connectivity index (χ4n) is 8.99. The van der Waals surface area contributed by atoms with Crippen LogP contribution in [0.15, 0.2) is 88.6 Å². The van der Waals surface area contributed by atoms with Crippen LogP contribution in [0.2, 0.25) is 0 Å². The molecule has 1 spiro atoms. The minimum atomic E-state index is -4.33. The summed E-state index contributed by atoms with van der Waals surface area (Å²) in [7, 11) is -4.33. The Balaban J connectivity index is 0.989. The number of pyridine rings is 1. The Bertz CT molecular complexity index is 2440. The molecular formula is C44H51ClI2N6O6S. The van der Waals surface area contributed by atoms with Crippen LogP contribution in [0.3, 0.4) is 0 Å². The number of aromatic nitrogens is 2. The maximum atomic E-state index is 14.3. The Morgan fingerprint density at radius 1 is 1.07 bits per heavy atom. The molecule has 60 heavy (non-hydrogen) atoms. The minimum Gasteiger partial charge on any atom is -0.491 e. The van der Waals surface area contributed by atoms with Crippen LogP contribution in [-0.4, -0.2) is 82.1 Å². The first kappa shape index (κ1) is 43.5. The van der Waals surface area contributed by atoms with Crippen molar-refractivity contribution in [3.63, 3.8) is 0 Å². The monoisotopic (exact) mass is 1080 g/mol. The van der Waals surface area contributed by atoms with Crippen molar-refractivity contribution in [1.29, 1.82) is 0 Å². The highest BCUT2D eigenvalue weighted by Crippen LogP contribution is 2.51. The van der Waals surface area contributed by atoms with Gasteiger partial charge in [0.25, 0.3) is 15.9 Å². The van der Waals surface area contributed by atoms with Gasteiger partial charge in [0, 0.05) is 66.5 Å². The Morgan fingerprint density at radius 3 is 2.53 bits per heavy atom. The highest BCUT2D eigenvalue weighted by Gasteiger charge is 2.49. The second-order valence-corrected chi connectivity index (χ2v) is 22.6. The van der Waals surface area contributed by atoms with Crippen LogP contribution in [0.25, 0.3) is 11.0 Å². The fourth-order valence-corrected chi connectivity index (χ4v) is 11.6. The summed E-state index contributed by atoms with van der Waals surface area (Å²) in [6.07, 6.45) is 10.7. The van der Waals surface area contributed by atoms with Gasteiger partial charge in [-0.2, -0.15) is 2.52 Å². The van der Waals surface area contributed by atoms with Crippen LogP contribution in [0.5, 0.6) is 17.2 Å². The lowest BCUT2D eigenvalue weighted by molar-refractivity contribution is -0.182. The van der Waals surface area contributed by atoms with E-state index in [1.807, 2.05) is 33.2 Å².